The maximum Gasteiger partial charge on any atom is 0.229 e. The number of hydrogen-bond acceptors (Lipinski definition) is 4. The van der Waals surface area contributed by atoms with Crippen LogP contribution in [0.1, 0.15) is 18.4 Å². The number of rotatable bonds is 4. The molecule has 0 radical (unpaired) electrons. The second-order valence-electron chi connectivity index (χ2n) is 4.85. The quantitative estimate of drug-likeness (QED) is 0.691. The van der Waals surface area contributed by atoms with Crippen LogP contribution in [-0.4, -0.2) is 39.0 Å². The summed E-state index contributed by atoms with van der Waals surface area (Å²) < 4.78 is 0. The molecular formula is C14H15N3O2S. The van der Waals surface area contributed by atoms with Crippen molar-refractivity contribution in [1.29, 1.82) is 0 Å². The molecule has 104 valence electrons. The first-order valence-electron chi connectivity index (χ1n) is 6.56. The summed E-state index contributed by atoms with van der Waals surface area (Å²) in [7, 11) is 0. The molecule has 20 heavy (non-hydrogen) atoms. The van der Waals surface area contributed by atoms with E-state index in [1.165, 1.54) is 22.2 Å². The highest BCUT2D eigenvalue weighted by Crippen LogP contribution is 2.21. The molecule has 1 saturated heterocycles. The smallest absolute Gasteiger partial charge is 0.229 e. The number of amides is 2. The SMILES string of the molecule is Cc1ccc2nc(SCCN3C(=O)CCC3=O)[nH]c2c1. The van der Waals surface area contributed by atoms with E-state index in [0.29, 0.717) is 25.1 Å². The molecule has 0 bridgehead atoms. The molecule has 1 N–H and O–H groups in total. The second-order valence-corrected chi connectivity index (χ2v) is 5.93. The predicted octanol–water partition coefficient (Wildman–Crippen LogP) is 2.11. The van der Waals surface area contributed by atoms with Gasteiger partial charge in [0.25, 0.3) is 0 Å². The van der Waals surface area contributed by atoms with Crippen molar-refractivity contribution in [2.75, 3.05) is 12.3 Å². The van der Waals surface area contributed by atoms with Gasteiger partial charge in [-0.15, -0.1) is 0 Å². The molecule has 1 aromatic carbocycles. The fourth-order valence-electron chi connectivity index (χ4n) is 2.27. The lowest BCUT2D eigenvalue weighted by atomic mass is 10.2. The number of carbonyl (C=O) groups is 2. The maximum atomic E-state index is 11.5. The van der Waals surface area contributed by atoms with Crippen molar-refractivity contribution in [1.82, 2.24) is 14.9 Å². The number of H-pyrrole nitrogens is 1. The Hall–Kier alpha value is -1.82. The van der Waals surface area contributed by atoms with E-state index in [4.69, 9.17) is 0 Å². The number of nitrogens with zero attached hydrogens (tertiary/aromatic N) is 2. The first-order chi connectivity index (χ1) is 9.63. The molecule has 6 heteroatoms. The van der Waals surface area contributed by atoms with Gasteiger partial charge in [0, 0.05) is 25.1 Å². The number of imide groups is 1. The van der Waals surface area contributed by atoms with Crippen LogP contribution in [0.4, 0.5) is 0 Å². The van der Waals surface area contributed by atoms with Gasteiger partial charge in [-0.2, -0.15) is 0 Å². The topological polar surface area (TPSA) is 66.1 Å². The number of carbonyl (C=O) groups excluding carboxylic acids is 2. The standard InChI is InChI=1S/C14H15N3O2S/c1-9-2-3-10-11(8-9)16-14(15-10)20-7-6-17-12(18)4-5-13(17)19/h2-3,8H,4-7H2,1H3,(H,15,16). The van der Waals surface area contributed by atoms with E-state index in [2.05, 4.69) is 16.0 Å². The number of aromatic amines is 1. The van der Waals surface area contributed by atoms with E-state index in [1.807, 2.05) is 19.1 Å². The van der Waals surface area contributed by atoms with Crippen LogP contribution in [0.3, 0.4) is 0 Å². The number of aryl methyl sites for hydroxylation is 1. The number of aromatic nitrogens is 2. The van der Waals surface area contributed by atoms with Crippen molar-refractivity contribution < 1.29 is 9.59 Å². The number of nitrogens with one attached hydrogen (secondary N) is 1. The van der Waals surface area contributed by atoms with Crippen LogP contribution in [0.15, 0.2) is 23.4 Å². The molecule has 0 spiro atoms. The minimum atomic E-state index is -0.0594. The number of imidazole rings is 1. The van der Waals surface area contributed by atoms with Gasteiger partial charge in [0.1, 0.15) is 0 Å². The van der Waals surface area contributed by atoms with Crippen molar-refractivity contribution in [3.05, 3.63) is 23.8 Å². The van der Waals surface area contributed by atoms with E-state index < -0.39 is 0 Å². The van der Waals surface area contributed by atoms with Crippen LogP contribution in [-0.2, 0) is 9.59 Å². The number of benzene rings is 1. The van der Waals surface area contributed by atoms with Crippen LogP contribution in [0.5, 0.6) is 0 Å². The predicted molar refractivity (Wildman–Crippen MR) is 77.5 cm³/mol. The highest BCUT2D eigenvalue weighted by atomic mass is 32.2. The Labute approximate surface area is 120 Å². The summed E-state index contributed by atoms with van der Waals surface area (Å²) in [4.78, 5) is 32.0. The zero-order valence-corrected chi connectivity index (χ0v) is 12.0. The van der Waals surface area contributed by atoms with Crippen molar-refractivity contribution in [3.63, 3.8) is 0 Å². The van der Waals surface area contributed by atoms with Gasteiger partial charge in [0.05, 0.1) is 11.0 Å². The minimum Gasteiger partial charge on any atom is -0.333 e. The molecule has 2 heterocycles. The van der Waals surface area contributed by atoms with Gasteiger partial charge in [0.2, 0.25) is 11.8 Å². The van der Waals surface area contributed by atoms with E-state index in [-0.39, 0.29) is 11.8 Å². The maximum absolute atomic E-state index is 11.5. The van der Waals surface area contributed by atoms with Crippen LogP contribution in [0.2, 0.25) is 0 Å². The lowest BCUT2D eigenvalue weighted by Gasteiger charge is -2.12. The van der Waals surface area contributed by atoms with E-state index in [1.54, 1.807) is 0 Å². The normalized spacial score (nSPS) is 15.6. The summed E-state index contributed by atoms with van der Waals surface area (Å²) in [6.45, 7) is 2.50. The third-order valence-corrected chi connectivity index (χ3v) is 4.18. The molecule has 0 saturated carbocycles. The van der Waals surface area contributed by atoms with E-state index in [0.717, 1.165) is 16.2 Å². The zero-order chi connectivity index (χ0) is 14.1. The van der Waals surface area contributed by atoms with E-state index >= 15 is 0 Å². The van der Waals surface area contributed by atoms with E-state index in [9.17, 15) is 9.59 Å². The fourth-order valence-corrected chi connectivity index (χ4v) is 3.09. The molecule has 0 aliphatic carbocycles. The molecular weight excluding hydrogens is 274 g/mol. The van der Waals surface area contributed by atoms with Gasteiger partial charge in [-0.3, -0.25) is 14.5 Å². The van der Waals surface area contributed by atoms with Crippen molar-refractivity contribution in [3.8, 4) is 0 Å². The average Bonchev–Trinajstić information content (AvgIpc) is 2.95. The van der Waals surface area contributed by atoms with Gasteiger partial charge in [-0.05, 0) is 24.6 Å². The molecule has 2 aromatic rings. The van der Waals surface area contributed by atoms with Crippen molar-refractivity contribution in [2.24, 2.45) is 0 Å². The lowest BCUT2D eigenvalue weighted by molar-refractivity contribution is -0.137. The summed E-state index contributed by atoms with van der Waals surface area (Å²) >= 11 is 1.53. The summed E-state index contributed by atoms with van der Waals surface area (Å²) in [6.07, 6.45) is 0.709. The molecule has 5 nitrogen and oxygen atoms in total. The third-order valence-electron chi connectivity index (χ3n) is 3.32. The second kappa shape index (κ2) is 5.28. The van der Waals surface area contributed by atoms with Gasteiger partial charge < -0.3 is 4.98 Å². The molecule has 2 amide bonds. The van der Waals surface area contributed by atoms with Crippen LogP contribution in [0.25, 0.3) is 11.0 Å². The lowest BCUT2D eigenvalue weighted by Crippen LogP contribution is -2.31. The summed E-state index contributed by atoms with van der Waals surface area (Å²) in [5.74, 6) is 0.544. The Balaban J connectivity index is 1.62. The van der Waals surface area contributed by atoms with Crippen LogP contribution < -0.4 is 0 Å². The van der Waals surface area contributed by atoms with Crippen molar-refractivity contribution >= 4 is 34.6 Å². The summed E-state index contributed by atoms with van der Waals surface area (Å²) in [5, 5.41) is 0.824. The Morgan fingerprint density at radius 1 is 1.30 bits per heavy atom. The molecule has 1 aromatic heterocycles. The Bertz CT molecular complexity index is 664. The monoisotopic (exact) mass is 289 g/mol. The van der Waals surface area contributed by atoms with Gasteiger partial charge in [-0.1, -0.05) is 17.8 Å². The fraction of sp³-hybridized carbons (Fsp3) is 0.357. The summed E-state index contributed by atoms with van der Waals surface area (Å²) in [5.41, 5.74) is 3.14. The molecule has 0 atom stereocenters. The number of thioether (sulfide) groups is 1. The molecule has 1 aliphatic heterocycles. The highest BCUT2D eigenvalue weighted by Gasteiger charge is 2.28. The number of fused-ring (bicyclic) bond motifs is 1. The van der Waals surface area contributed by atoms with Crippen LogP contribution >= 0.6 is 11.8 Å². The minimum absolute atomic E-state index is 0.0594. The number of likely N-dealkylation sites (tertiary alicyclic amines) is 1. The zero-order valence-electron chi connectivity index (χ0n) is 11.2. The summed E-state index contributed by atoms with van der Waals surface area (Å²) in [6, 6.07) is 6.07. The Morgan fingerprint density at radius 2 is 2.05 bits per heavy atom. The molecule has 3 rings (SSSR count). The molecule has 1 aliphatic rings. The molecule has 1 fully saturated rings. The highest BCUT2D eigenvalue weighted by molar-refractivity contribution is 7.99. The number of hydrogen-bond donors (Lipinski definition) is 1. The van der Waals surface area contributed by atoms with Crippen molar-refractivity contribution in [2.45, 2.75) is 24.9 Å². The third kappa shape index (κ3) is 2.56. The Morgan fingerprint density at radius 3 is 2.80 bits per heavy atom. The van der Waals surface area contributed by atoms with Gasteiger partial charge in [0.15, 0.2) is 5.16 Å². The first kappa shape index (κ1) is 13.2. The van der Waals surface area contributed by atoms with Gasteiger partial charge in [-0.25, -0.2) is 4.98 Å². The first-order valence-corrected chi connectivity index (χ1v) is 7.54. The average molecular weight is 289 g/mol. The van der Waals surface area contributed by atoms with Crippen LogP contribution in [0, 0.1) is 6.92 Å². The van der Waals surface area contributed by atoms with Gasteiger partial charge >= 0.3 is 0 Å². The Kier molecular flexibility index (Phi) is 3.48. The largest absolute Gasteiger partial charge is 0.333 e. The molecule has 0 unspecified atom stereocenters.